The third-order valence-electron chi connectivity index (χ3n) is 3.56. The highest BCUT2D eigenvalue weighted by atomic mass is 16.5. The Labute approximate surface area is 108 Å². The topological polar surface area (TPSA) is 18.5 Å². The summed E-state index contributed by atoms with van der Waals surface area (Å²) < 4.78 is 11.1. The third-order valence-corrected chi connectivity index (χ3v) is 3.56. The zero-order chi connectivity index (χ0) is 12.6. The molecule has 18 heavy (non-hydrogen) atoms. The maximum atomic E-state index is 5.88. The van der Waals surface area contributed by atoms with Crippen LogP contribution >= 0.6 is 0 Å². The average molecular weight is 242 g/mol. The summed E-state index contributed by atoms with van der Waals surface area (Å²) in [4.78, 5) is 0. The highest BCUT2D eigenvalue weighted by Crippen LogP contribution is 2.29. The second-order valence-corrected chi connectivity index (χ2v) is 5.55. The molecule has 2 heteroatoms. The minimum Gasteiger partial charge on any atom is -0.493 e. The number of ether oxygens (including phenoxy) is 2. The lowest BCUT2D eigenvalue weighted by atomic mass is 9.90. The van der Waals surface area contributed by atoms with Crippen molar-refractivity contribution < 1.29 is 9.47 Å². The number of fused-ring (bicyclic) bond motifs is 1. The Morgan fingerprint density at radius 2 is 2.06 bits per heavy atom. The molecule has 0 saturated carbocycles. The van der Waals surface area contributed by atoms with E-state index >= 15 is 0 Å². The van der Waals surface area contributed by atoms with E-state index in [2.05, 4.69) is 50.2 Å². The standard InChI is InChI=1S/C16H18O2/c1-12-4-3-5-13-8-14(6-7-15(12)13)18-11-16(2)9-17-10-16/h3-8H,9-11H2,1-2H3. The molecule has 0 unspecified atom stereocenters. The van der Waals surface area contributed by atoms with Crippen LogP contribution in [0.3, 0.4) is 0 Å². The van der Waals surface area contributed by atoms with Crippen LogP contribution in [-0.2, 0) is 4.74 Å². The molecule has 0 aliphatic carbocycles. The van der Waals surface area contributed by atoms with E-state index in [1.165, 1.54) is 16.3 Å². The Kier molecular flexibility index (Phi) is 2.75. The molecular weight excluding hydrogens is 224 g/mol. The Hall–Kier alpha value is -1.54. The summed E-state index contributed by atoms with van der Waals surface area (Å²) >= 11 is 0. The molecular formula is C16H18O2. The van der Waals surface area contributed by atoms with E-state index in [0.29, 0.717) is 0 Å². The maximum absolute atomic E-state index is 5.88. The molecule has 0 bridgehead atoms. The van der Waals surface area contributed by atoms with Gasteiger partial charge in [-0.2, -0.15) is 0 Å². The van der Waals surface area contributed by atoms with Crippen molar-refractivity contribution in [3.8, 4) is 5.75 Å². The van der Waals surface area contributed by atoms with Gasteiger partial charge in [-0.05, 0) is 35.4 Å². The summed E-state index contributed by atoms with van der Waals surface area (Å²) in [5, 5.41) is 2.53. The minimum absolute atomic E-state index is 0.196. The van der Waals surface area contributed by atoms with Gasteiger partial charge in [-0.15, -0.1) is 0 Å². The van der Waals surface area contributed by atoms with E-state index in [0.717, 1.165) is 25.6 Å². The Balaban J connectivity index is 1.81. The lowest BCUT2D eigenvalue weighted by molar-refractivity contribution is -0.120. The van der Waals surface area contributed by atoms with Crippen molar-refractivity contribution in [3.63, 3.8) is 0 Å². The van der Waals surface area contributed by atoms with Gasteiger partial charge in [0.15, 0.2) is 0 Å². The predicted molar refractivity (Wildman–Crippen MR) is 73.1 cm³/mol. The molecule has 0 aromatic heterocycles. The Morgan fingerprint density at radius 1 is 1.22 bits per heavy atom. The molecule has 0 radical (unpaired) electrons. The van der Waals surface area contributed by atoms with E-state index in [1.807, 2.05) is 0 Å². The van der Waals surface area contributed by atoms with Gasteiger partial charge in [0, 0.05) is 5.41 Å². The second-order valence-electron chi connectivity index (χ2n) is 5.55. The van der Waals surface area contributed by atoms with Crippen LogP contribution in [-0.4, -0.2) is 19.8 Å². The van der Waals surface area contributed by atoms with Gasteiger partial charge in [-0.25, -0.2) is 0 Å². The SMILES string of the molecule is Cc1cccc2cc(OCC3(C)COC3)ccc12. The molecule has 94 valence electrons. The van der Waals surface area contributed by atoms with Crippen LogP contribution in [0, 0.1) is 12.3 Å². The first-order valence-electron chi connectivity index (χ1n) is 6.36. The molecule has 2 aromatic rings. The van der Waals surface area contributed by atoms with E-state index in [1.54, 1.807) is 0 Å². The van der Waals surface area contributed by atoms with E-state index in [4.69, 9.17) is 9.47 Å². The number of hydrogen-bond donors (Lipinski definition) is 0. The summed E-state index contributed by atoms with van der Waals surface area (Å²) in [7, 11) is 0. The molecule has 1 aliphatic rings. The molecule has 2 aromatic carbocycles. The van der Waals surface area contributed by atoms with Gasteiger partial charge < -0.3 is 9.47 Å². The Bertz CT molecular complexity index is 570. The quantitative estimate of drug-likeness (QED) is 0.819. The van der Waals surface area contributed by atoms with Crippen LogP contribution in [0.15, 0.2) is 36.4 Å². The number of hydrogen-bond acceptors (Lipinski definition) is 2. The normalized spacial score (nSPS) is 17.4. The third kappa shape index (κ3) is 2.08. The van der Waals surface area contributed by atoms with Crippen molar-refractivity contribution in [2.45, 2.75) is 13.8 Å². The molecule has 1 heterocycles. The lowest BCUT2D eigenvalue weighted by Crippen LogP contribution is -2.44. The van der Waals surface area contributed by atoms with Crippen LogP contribution in [0.4, 0.5) is 0 Å². The van der Waals surface area contributed by atoms with Crippen molar-refractivity contribution in [1.29, 1.82) is 0 Å². The maximum Gasteiger partial charge on any atom is 0.119 e. The van der Waals surface area contributed by atoms with Crippen LogP contribution < -0.4 is 4.74 Å². The first kappa shape index (κ1) is 11.5. The minimum atomic E-state index is 0.196. The van der Waals surface area contributed by atoms with Gasteiger partial charge in [0.25, 0.3) is 0 Å². The van der Waals surface area contributed by atoms with Crippen LogP contribution in [0.1, 0.15) is 12.5 Å². The molecule has 0 amide bonds. The molecule has 2 nitrogen and oxygen atoms in total. The smallest absolute Gasteiger partial charge is 0.119 e. The average Bonchev–Trinajstić information content (AvgIpc) is 2.34. The van der Waals surface area contributed by atoms with E-state index in [-0.39, 0.29) is 5.41 Å². The first-order valence-corrected chi connectivity index (χ1v) is 6.36. The highest BCUT2D eigenvalue weighted by molar-refractivity contribution is 5.86. The molecule has 0 spiro atoms. The van der Waals surface area contributed by atoms with E-state index < -0.39 is 0 Å². The summed E-state index contributed by atoms with van der Waals surface area (Å²) in [6, 6.07) is 12.7. The van der Waals surface area contributed by atoms with Crippen molar-refractivity contribution in [2.24, 2.45) is 5.41 Å². The monoisotopic (exact) mass is 242 g/mol. The Morgan fingerprint density at radius 3 is 2.78 bits per heavy atom. The van der Waals surface area contributed by atoms with Gasteiger partial charge in [0.2, 0.25) is 0 Å². The second kappa shape index (κ2) is 4.29. The van der Waals surface area contributed by atoms with Crippen molar-refractivity contribution in [2.75, 3.05) is 19.8 Å². The van der Waals surface area contributed by atoms with Crippen LogP contribution in [0.25, 0.3) is 10.8 Å². The summed E-state index contributed by atoms with van der Waals surface area (Å²) in [6.45, 7) is 6.67. The molecule has 0 atom stereocenters. The van der Waals surface area contributed by atoms with E-state index in [9.17, 15) is 0 Å². The fourth-order valence-electron chi connectivity index (χ4n) is 2.30. The van der Waals surface area contributed by atoms with Gasteiger partial charge in [-0.1, -0.05) is 31.2 Å². The molecule has 1 fully saturated rings. The van der Waals surface area contributed by atoms with Crippen molar-refractivity contribution >= 4 is 10.8 Å². The summed E-state index contributed by atoms with van der Waals surface area (Å²) in [6.07, 6.45) is 0. The van der Waals surface area contributed by atoms with Gasteiger partial charge in [-0.3, -0.25) is 0 Å². The summed E-state index contributed by atoms with van der Waals surface area (Å²) in [5.41, 5.74) is 1.50. The molecule has 1 aliphatic heterocycles. The molecule has 0 N–H and O–H groups in total. The lowest BCUT2D eigenvalue weighted by Gasteiger charge is -2.37. The largest absolute Gasteiger partial charge is 0.493 e. The number of benzene rings is 2. The van der Waals surface area contributed by atoms with Crippen LogP contribution in [0.5, 0.6) is 5.75 Å². The molecule has 1 saturated heterocycles. The highest BCUT2D eigenvalue weighted by Gasteiger charge is 2.34. The predicted octanol–water partition coefficient (Wildman–Crippen LogP) is 3.56. The molecule has 3 rings (SSSR count). The fourth-order valence-corrected chi connectivity index (χ4v) is 2.30. The zero-order valence-electron chi connectivity index (χ0n) is 10.9. The van der Waals surface area contributed by atoms with Crippen molar-refractivity contribution in [3.05, 3.63) is 42.0 Å². The first-order chi connectivity index (χ1) is 8.66. The van der Waals surface area contributed by atoms with Gasteiger partial charge in [0.1, 0.15) is 5.75 Å². The van der Waals surface area contributed by atoms with Gasteiger partial charge in [0.05, 0.1) is 19.8 Å². The van der Waals surface area contributed by atoms with Crippen molar-refractivity contribution in [1.82, 2.24) is 0 Å². The van der Waals surface area contributed by atoms with Gasteiger partial charge >= 0.3 is 0 Å². The number of aryl methyl sites for hydroxylation is 1. The summed E-state index contributed by atoms with van der Waals surface area (Å²) in [5.74, 6) is 0.946. The number of rotatable bonds is 3. The zero-order valence-corrected chi connectivity index (χ0v) is 10.9. The van der Waals surface area contributed by atoms with Crippen LogP contribution in [0.2, 0.25) is 0 Å². The fraction of sp³-hybridized carbons (Fsp3) is 0.375.